The second-order valence-corrected chi connectivity index (χ2v) is 5.86. The Bertz CT molecular complexity index is 623. The second kappa shape index (κ2) is 5.92. The predicted molar refractivity (Wildman–Crippen MR) is 83.0 cm³/mol. The van der Waals surface area contributed by atoms with Gasteiger partial charge in [0.25, 0.3) is 0 Å². The molecule has 0 saturated heterocycles. The maximum Gasteiger partial charge on any atom is 0.319 e. The Morgan fingerprint density at radius 1 is 1.40 bits per heavy atom. The van der Waals surface area contributed by atoms with E-state index in [2.05, 4.69) is 15.6 Å². The van der Waals surface area contributed by atoms with Crippen LogP contribution in [0.25, 0.3) is 0 Å². The van der Waals surface area contributed by atoms with Crippen molar-refractivity contribution in [2.45, 2.75) is 26.8 Å². The zero-order chi connectivity index (χ0) is 14.7. The summed E-state index contributed by atoms with van der Waals surface area (Å²) < 4.78 is 0. The molecule has 106 valence electrons. The van der Waals surface area contributed by atoms with Crippen LogP contribution in [0.1, 0.15) is 28.5 Å². The molecule has 0 radical (unpaired) electrons. The minimum atomic E-state index is -0.256. The number of hydrogen-bond donors (Lipinski definition) is 3. The molecule has 2 rings (SSSR count). The quantitative estimate of drug-likeness (QED) is 0.759. The number of anilines is 2. The van der Waals surface area contributed by atoms with Crippen molar-refractivity contribution in [3.8, 4) is 0 Å². The molecule has 1 atom stereocenters. The lowest BCUT2D eigenvalue weighted by Gasteiger charge is -2.14. The molecular formula is C14H18N4OS. The first kappa shape index (κ1) is 14.3. The van der Waals surface area contributed by atoms with E-state index in [-0.39, 0.29) is 12.1 Å². The molecule has 0 aliphatic carbocycles. The fourth-order valence-electron chi connectivity index (χ4n) is 1.99. The topological polar surface area (TPSA) is 80.0 Å². The van der Waals surface area contributed by atoms with E-state index < -0.39 is 0 Å². The van der Waals surface area contributed by atoms with Crippen LogP contribution in [0.3, 0.4) is 0 Å². The van der Waals surface area contributed by atoms with Gasteiger partial charge in [-0.2, -0.15) is 0 Å². The number of aryl methyl sites for hydroxylation is 2. The number of nitrogens with two attached hydrogens (primary N) is 1. The Balaban J connectivity index is 1.99. The van der Waals surface area contributed by atoms with E-state index in [4.69, 9.17) is 5.73 Å². The monoisotopic (exact) mass is 290 g/mol. The van der Waals surface area contributed by atoms with Crippen molar-refractivity contribution in [2.24, 2.45) is 0 Å². The van der Waals surface area contributed by atoms with Crippen molar-refractivity contribution in [3.05, 3.63) is 39.8 Å². The number of amides is 2. The number of rotatable bonds is 3. The molecule has 4 N–H and O–H groups in total. The van der Waals surface area contributed by atoms with Crippen LogP contribution in [0.15, 0.2) is 24.3 Å². The maximum absolute atomic E-state index is 11.9. The summed E-state index contributed by atoms with van der Waals surface area (Å²) in [6.45, 7) is 5.85. The van der Waals surface area contributed by atoms with Gasteiger partial charge in [-0.25, -0.2) is 9.78 Å². The Kier molecular flexibility index (Phi) is 4.24. The van der Waals surface area contributed by atoms with E-state index in [1.54, 1.807) is 35.6 Å². The van der Waals surface area contributed by atoms with Crippen molar-refractivity contribution in [2.75, 3.05) is 11.1 Å². The van der Waals surface area contributed by atoms with Gasteiger partial charge >= 0.3 is 6.03 Å². The molecule has 0 aliphatic heterocycles. The third-order valence-electron chi connectivity index (χ3n) is 2.82. The van der Waals surface area contributed by atoms with Gasteiger partial charge in [0.05, 0.1) is 16.7 Å². The summed E-state index contributed by atoms with van der Waals surface area (Å²) in [6.07, 6.45) is 0. The van der Waals surface area contributed by atoms with Crippen LogP contribution >= 0.6 is 11.3 Å². The summed E-state index contributed by atoms with van der Waals surface area (Å²) in [7, 11) is 0. The van der Waals surface area contributed by atoms with Crippen LogP contribution in [-0.4, -0.2) is 11.0 Å². The van der Waals surface area contributed by atoms with E-state index in [9.17, 15) is 4.79 Å². The Labute approximate surface area is 122 Å². The number of carbonyl (C=O) groups is 1. The zero-order valence-electron chi connectivity index (χ0n) is 11.7. The van der Waals surface area contributed by atoms with Crippen molar-refractivity contribution >= 4 is 28.7 Å². The standard InChI is InChI=1S/C14H18N4OS/c1-8-13(20-10(3)16-8)9(2)17-14(19)18-12-6-4-5-11(15)7-12/h4-7,9H,15H2,1-3H3,(H2,17,18,19). The first-order valence-electron chi connectivity index (χ1n) is 6.32. The van der Waals surface area contributed by atoms with E-state index in [0.717, 1.165) is 15.6 Å². The highest BCUT2D eigenvalue weighted by Crippen LogP contribution is 2.24. The predicted octanol–water partition coefficient (Wildman–Crippen LogP) is 3.22. The molecule has 0 saturated carbocycles. The molecule has 20 heavy (non-hydrogen) atoms. The highest BCUT2D eigenvalue weighted by atomic mass is 32.1. The van der Waals surface area contributed by atoms with Crippen LogP contribution in [-0.2, 0) is 0 Å². The van der Waals surface area contributed by atoms with Gasteiger partial charge in [0, 0.05) is 16.3 Å². The summed E-state index contributed by atoms with van der Waals surface area (Å²) in [5, 5.41) is 6.66. The normalized spacial score (nSPS) is 11.9. The average Bonchev–Trinajstić information content (AvgIpc) is 2.68. The third kappa shape index (κ3) is 3.48. The second-order valence-electron chi connectivity index (χ2n) is 4.63. The van der Waals surface area contributed by atoms with Crippen molar-refractivity contribution in [3.63, 3.8) is 0 Å². The minimum Gasteiger partial charge on any atom is -0.399 e. The smallest absolute Gasteiger partial charge is 0.319 e. The first-order chi connectivity index (χ1) is 9.45. The molecule has 2 amide bonds. The largest absolute Gasteiger partial charge is 0.399 e. The van der Waals surface area contributed by atoms with Crippen LogP contribution in [0.2, 0.25) is 0 Å². The molecular weight excluding hydrogens is 272 g/mol. The van der Waals surface area contributed by atoms with E-state index in [0.29, 0.717) is 11.4 Å². The van der Waals surface area contributed by atoms with Gasteiger partial charge < -0.3 is 16.4 Å². The van der Waals surface area contributed by atoms with Gasteiger partial charge in [-0.1, -0.05) is 6.07 Å². The van der Waals surface area contributed by atoms with Gasteiger partial charge in [0.1, 0.15) is 0 Å². The summed E-state index contributed by atoms with van der Waals surface area (Å²) in [5.74, 6) is 0. The molecule has 0 bridgehead atoms. The number of hydrogen-bond acceptors (Lipinski definition) is 4. The van der Waals surface area contributed by atoms with Crippen LogP contribution in [0, 0.1) is 13.8 Å². The molecule has 6 heteroatoms. The van der Waals surface area contributed by atoms with Crippen LogP contribution < -0.4 is 16.4 Å². The molecule has 0 fully saturated rings. The number of nitrogens with zero attached hydrogens (tertiary/aromatic N) is 1. The maximum atomic E-state index is 11.9. The SMILES string of the molecule is Cc1nc(C)c(C(C)NC(=O)Nc2cccc(N)c2)s1. The van der Waals surface area contributed by atoms with Gasteiger partial charge in [0.2, 0.25) is 0 Å². The lowest BCUT2D eigenvalue weighted by atomic mass is 10.2. The summed E-state index contributed by atoms with van der Waals surface area (Å²) in [4.78, 5) is 17.4. The number of thiazole rings is 1. The number of nitrogen functional groups attached to an aromatic ring is 1. The first-order valence-corrected chi connectivity index (χ1v) is 7.14. The zero-order valence-corrected chi connectivity index (χ0v) is 12.5. The highest BCUT2D eigenvalue weighted by molar-refractivity contribution is 7.11. The molecule has 1 aromatic heterocycles. The van der Waals surface area contributed by atoms with E-state index in [1.165, 1.54) is 0 Å². The molecule has 2 aromatic rings. The van der Waals surface area contributed by atoms with Crippen molar-refractivity contribution in [1.29, 1.82) is 0 Å². The van der Waals surface area contributed by atoms with Crippen molar-refractivity contribution < 1.29 is 4.79 Å². The van der Waals surface area contributed by atoms with E-state index in [1.807, 2.05) is 20.8 Å². The number of carbonyl (C=O) groups excluding carboxylic acids is 1. The van der Waals surface area contributed by atoms with Gasteiger partial charge in [-0.3, -0.25) is 0 Å². The lowest BCUT2D eigenvalue weighted by molar-refractivity contribution is 0.249. The molecule has 1 unspecified atom stereocenters. The Morgan fingerprint density at radius 3 is 2.75 bits per heavy atom. The highest BCUT2D eigenvalue weighted by Gasteiger charge is 2.15. The van der Waals surface area contributed by atoms with Crippen LogP contribution in [0.5, 0.6) is 0 Å². The summed E-state index contributed by atoms with van der Waals surface area (Å²) in [6, 6.07) is 6.74. The minimum absolute atomic E-state index is 0.0812. The number of benzene rings is 1. The van der Waals surface area contributed by atoms with Gasteiger partial charge in [-0.15, -0.1) is 11.3 Å². The number of urea groups is 1. The fraction of sp³-hybridized carbons (Fsp3) is 0.286. The molecule has 5 nitrogen and oxygen atoms in total. The Morgan fingerprint density at radius 2 is 2.15 bits per heavy atom. The molecule has 1 aromatic carbocycles. The van der Waals surface area contributed by atoms with Gasteiger partial charge in [-0.05, 0) is 39.0 Å². The van der Waals surface area contributed by atoms with E-state index >= 15 is 0 Å². The number of nitrogens with one attached hydrogen (secondary N) is 2. The lowest BCUT2D eigenvalue weighted by Crippen LogP contribution is -2.31. The summed E-state index contributed by atoms with van der Waals surface area (Å²) >= 11 is 1.60. The third-order valence-corrected chi connectivity index (χ3v) is 4.08. The van der Waals surface area contributed by atoms with Crippen molar-refractivity contribution in [1.82, 2.24) is 10.3 Å². The number of aromatic nitrogens is 1. The molecule has 0 spiro atoms. The van der Waals surface area contributed by atoms with Gasteiger partial charge in [0.15, 0.2) is 0 Å². The molecule has 0 aliphatic rings. The summed E-state index contributed by atoms with van der Waals surface area (Å²) in [5.41, 5.74) is 7.92. The average molecular weight is 290 g/mol. The molecule has 1 heterocycles. The fourth-order valence-corrected chi connectivity index (χ4v) is 2.92. The van der Waals surface area contributed by atoms with Crippen LogP contribution in [0.4, 0.5) is 16.2 Å². The Hall–Kier alpha value is -2.08.